The lowest BCUT2D eigenvalue weighted by Crippen LogP contribution is -2.50. The molecule has 1 spiro atoms. The molecule has 2 aliphatic carbocycles. The first-order valence-corrected chi connectivity index (χ1v) is 6.27. The fraction of sp³-hybridized carbons (Fsp3) is 1.00. The molecule has 3 aliphatic rings. The van der Waals surface area contributed by atoms with Crippen molar-refractivity contribution in [3.8, 4) is 0 Å². The third-order valence-corrected chi connectivity index (χ3v) is 4.39. The predicted octanol–water partition coefficient (Wildman–Crippen LogP) is 2.08. The molecule has 3 fully saturated rings. The molecule has 0 bridgehead atoms. The standard InChI is InChI=1S/C13H22O3/c1-11(2)6-13(7-11)5-8(14)9-10(13)16-12(3,4)15-9/h8-10,14H,5-7H2,1-4H3/t8-,9-,10-/m0/s1. The van der Waals surface area contributed by atoms with Crippen molar-refractivity contribution in [1.82, 2.24) is 0 Å². The average Bonchev–Trinajstić information content (AvgIpc) is 2.47. The first-order chi connectivity index (χ1) is 7.23. The molecule has 1 N–H and O–H groups in total. The van der Waals surface area contributed by atoms with E-state index in [4.69, 9.17) is 9.47 Å². The number of rotatable bonds is 0. The second-order valence-electron chi connectivity index (χ2n) is 7.17. The minimum atomic E-state index is -0.524. The van der Waals surface area contributed by atoms with Gasteiger partial charge in [0.25, 0.3) is 0 Å². The maximum absolute atomic E-state index is 10.1. The van der Waals surface area contributed by atoms with Crippen LogP contribution in [0.3, 0.4) is 0 Å². The van der Waals surface area contributed by atoms with Crippen LogP contribution in [0.2, 0.25) is 0 Å². The molecule has 1 aliphatic heterocycles. The largest absolute Gasteiger partial charge is 0.390 e. The van der Waals surface area contributed by atoms with Crippen molar-refractivity contribution in [3.05, 3.63) is 0 Å². The average molecular weight is 226 g/mol. The summed E-state index contributed by atoms with van der Waals surface area (Å²) >= 11 is 0. The number of hydrogen-bond acceptors (Lipinski definition) is 3. The van der Waals surface area contributed by atoms with Crippen LogP contribution in [-0.2, 0) is 9.47 Å². The smallest absolute Gasteiger partial charge is 0.163 e. The van der Waals surface area contributed by atoms with Gasteiger partial charge < -0.3 is 14.6 Å². The van der Waals surface area contributed by atoms with Crippen LogP contribution in [0.1, 0.15) is 47.0 Å². The minimum absolute atomic E-state index is 0.102. The molecule has 3 atom stereocenters. The van der Waals surface area contributed by atoms with E-state index in [1.165, 1.54) is 0 Å². The van der Waals surface area contributed by atoms with Gasteiger partial charge in [0, 0.05) is 5.41 Å². The molecule has 16 heavy (non-hydrogen) atoms. The Morgan fingerprint density at radius 2 is 1.69 bits per heavy atom. The lowest BCUT2D eigenvalue weighted by atomic mass is 9.52. The van der Waals surface area contributed by atoms with Gasteiger partial charge in [-0.05, 0) is 38.5 Å². The van der Waals surface area contributed by atoms with Gasteiger partial charge in [-0.3, -0.25) is 0 Å². The van der Waals surface area contributed by atoms with Crippen molar-refractivity contribution in [2.75, 3.05) is 0 Å². The number of hydrogen-bond donors (Lipinski definition) is 1. The third-order valence-electron chi connectivity index (χ3n) is 4.39. The first-order valence-electron chi connectivity index (χ1n) is 6.27. The van der Waals surface area contributed by atoms with Gasteiger partial charge in [0.2, 0.25) is 0 Å². The highest BCUT2D eigenvalue weighted by molar-refractivity contribution is 5.14. The Balaban J connectivity index is 1.84. The number of fused-ring (bicyclic) bond motifs is 2. The van der Waals surface area contributed by atoms with Crippen LogP contribution >= 0.6 is 0 Å². The summed E-state index contributed by atoms with van der Waals surface area (Å²) in [5.41, 5.74) is 0.589. The van der Waals surface area contributed by atoms with E-state index in [1.54, 1.807) is 0 Å². The van der Waals surface area contributed by atoms with Gasteiger partial charge in [-0.2, -0.15) is 0 Å². The zero-order valence-electron chi connectivity index (χ0n) is 10.6. The molecule has 0 aromatic carbocycles. The Morgan fingerprint density at radius 1 is 1.06 bits per heavy atom. The number of aliphatic hydroxyl groups excluding tert-OH is 1. The molecule has 3 heteroatoms. The molecule has 3 nitrogen and oxygen atoms in total. The Kier molecular flexibility index (Phi) is 1.94. The lowest BCUT2D eigenvalue weighted by molar-refractivity contribution is -0.194. The Labute approximate surface area is 97.1 Å². The van der Waals surface area contributed by atoms with E-state index in [-0.39, 0.29) is 23.7 Å². The summed E-state index contributed by atoms with van der Waals surface area (Å²) in [5, 5.41) is 10.1. The normalized spacial score (nSPS) is 46.7. The maximum atomic E-state index is 10.1. The van der Waals surface area contributed by atoms with E-state index in [0.29, 0.717) is 5.41 Å². The van der Waals surface area contributed by atoms with Gasteiger partial charge in [0.15, 0.2) is 5.79 Å². The summed E-state index contributed by atoms with van der Waals surface area (Å²) < 4.78 is 11.8. The second kappa shape index (κ2) is 2.82. The summed E-state index contributed by atoms with van der Waals surface area (Å²) in [6, 6.07) is 0. The molecule has 3 rings (SSSR count). The zero-order valence-corrected chi connectivity index (χ0v) is 10.6. The molecular formula is C13H22O3. The SMILES string of the molecule is CC1(C)CC2(C[C@H](O)[C@@H]3OC(C)(C)O[C@@H]32)C1. The summed E-state index contributed by atoms with van der Waals surface area (Å²) in [6.45, 7) is 8.46. The fourth-order valence-electron chi connectivity index (χ4n) is 4.39. The van der Waals surface area contributed by atoms with Gasteiger partial charge in [0.1, 0.15) is 6.10 Å². The van der Waals surface area contributed by atoms with Crippen LogP contribution in [0.15, 0.2) is 0 Å². The molecule has 0 unspecified atom stereocenters. The van der Waals surface area contributed by atoms with Crippen LogP contribution in [0.25, 0.3) is 0 Å². The molecule has 0 radical (unpaired) electrons. The molecule has 0 amide bonds. The van der Waals surface area contributed by atoms with E-state index < -0.39 is 5.79 Å². The second-order valence-corrected chi connectivity index (χ2v) is 7.17. The van der Waals surface area contributed by atoms with Crippen molar-refractivity contribution in [3.63, 3.8) is 0 Å². The quantitative estimate of drug-likeness (QED) is 0.687. The maximum Gasteiger partial charge on any atom is 0.163 e. The van der Waals surface area contributed by atoms with Gasteiger partial charge in [-0.25, -0.2) is 0 Å². The lowest BCUT2D eigenvalue weighted by Gasteiger charge is -2.54. The van der Waals surface area contributed by atoms with Crippen LogP contribution in [-0.4, -0.2) is 29.2 Å². The monoisotopic (exact) mass is 226 g/mol. The van der Waals surface area contributed by atoms with E-state index in [1.807, 2.05) is 13.8 Å². The molecule has 0 aromatic heterocycles. The highest BCUT2D eigenvalue weighted by Gasteiger charge is 2.66. The van der Waals surface area contributed by atoms with Gasteiger partial charge in [-0.15, -0.1) is 0 Å². The Bertz CT molecular complexity index is 308. The molecule has 2 saturated carbocycles. The summed E-state index contributed by atoms with van der Waals surface area (Å²) in [6.07, 6.45) is 2.80. The van der Waals surface area contributed by atoms with Crippen LogP contribution in [0.4, 0.5) is 0 Å². The molecule has 1 saturated heterocycles. The van der Waals surface area contributed by atoms with E-state index in [9.17, 15) is 5.11 Å². The van der Waals surface area contributed by atoms with Gasteiger partial charge in [-0.1, -0.05) is 13.8 Å². The molecule has 0 aromatic rings. The summed E-state index contributed by atoms with van der Waals surface area (Å²) in [5.74, 6) is -0.524. The van der Waals surface area contributed by atoms with E-state index >= 15 is 0 Å². The summed E-state index contributed by atoms with van der Waals surface area (Å²) in [4.78, 5) is 0. The van der Waals surface area contributed by atoms with Crippen molar-refractivity contribution in [2.24, 2.45) is 10.8 Å². The van der Waals surface area contributed by atoms with Crippen molar-refractivity contribution in [2.45, 2.75) is 71.1 Å². The van der Waals surface area contributed by atoms with E-state index in [2.05, 4.69) is 13.8 Å². The van der Waals surface area contributed by atoms with Gasteiger partial charge >= 0.3 is 0 Å². The Hall–Kier alpha value is -0.120. The molecule has 92 valence electrons. The van der Waals surface area contributed by atoms with Crippen molar-refractivity contribution < 1.29 is 14.6 Å². The Morgan fingerprint density at radius 3 is 2.25 bits per heavy atom. The highest BCUT2D eigenvalue weighted by Crippen LogP contribution is 2.65. The highest BCUT2D eigenvalue weighted by atomic mass is 16.8. The van der Waals surface area contributed by atoms with Crippen LogP contribution < -0.4 is 0 Å². The first kappa shape index (κ1) is 11.0. The molecular weight excluding hydrogens is 204 g/mol. The van der Waals surface area contributed by atoms with Crippen molar-refractivity contribution >= 4 is 0 Å². The van der Waals surface area contributed by atoms with Crippen LogP contribution in [0.5, 0.6) is 0 Å². The van der Waals surface area contributed by atoms with Crippen molar-refractivity contribution in [1.29, 1.82) is 0 Å². The zero-order chi connectivity index (χ0) is 11.8. The minimum Gasteiger partial charge on any atom is -0.390 e. The topological polar surface area (TPSA) is 38.7 Å². The fourth-order valence-corrected chi connectivity index (χ4v) is 4.39. The van der Waals surface area contributed by atoms with Gasteiger partial charge in [0.05, 0.1) is 12.2 Å². The number of ether oxygens (including phenoxy) is 2. The third kappa shape index (κ3) is 1.38. The van der Waals surface area contributed by atoms with Crippen LogP contribution in [0, 0.1) is 10.8 Å². The molecule has 1 heterocycles. The van der Waals surface area contributed by atoms with E-state index in [0.717, 1.165) is 19.3 Å². The summed E-state index contributed by atoms with van der Waals surface area (Å²) in [7, 11) is 0. The number of aliphatic hydroxyl groups is 1. The predicted molar refractivity (Wildman–Crippen MR) is 59.9 cm³/mol.